The quantitative estimate of drug-likeness (QED) is 0.484. The predicted octanol–water partition coefficient (Wildman–Crippen LogP) is 3.54. The van der Waals surface area contributed by atoms with Crippen LogP contribution in [0.25, 0.3) is 0 Å². The molecule has 1 saturated carbocycles. The molecule has 3 rings (SSSR count). The average molecular weight is 484 g/mol. The third kappa shape index (κ3) is 2.46. The molecule has 5 unspecified atom stereocenters. The van der Waals surface area contributed by atoms with Crippen LogP contribution >= 0.6 is 23.5 Å². The second-order valence-corrected chi connectivity index (χ2v) is 18.7. The molecule has 2 heterocycles. The Hall–Kier alpha value is 2.28. The molecule has 0 nitrogen and oxygen atoms in total. The normalized spacial score (nSPS) is 52.9. The maximum atomic E-state index is 2.51. The first-order valence-corrected chi connectivity index (χ1v) is 13.8. The second-order valence-electron chi connectivity index (χ2n) is 5.18. The molecule has 2 bridgehead atoms. The van der Waals surface area contributed by atoms with Crippen LogP contribution in [-0.4, -0.2) is 62.8 Å². The van der Waals surface area contributed by atoms with Crippen LogP contribution in [0.1, 0.15) is 33.1 Å². The summed E-state index contributed by atoms with van der Waals surface area (Å²) < 4.78 is 4.30. The summed E-state index contributed by atoms with van der Waals surface area (Å²) in [5, 5.41) is 4.16. The van der Waals surface area contributed by atoms with Crippen molar-refractivity contribution in [2.75, 3.05) is 0 Å². The van der Waals surface area contributed by atoms with Crippen LogP contribution in [0.2, 0.25) is 10.4 Å². The van der Waals surface area contributed by atoms with E-state index in [1.165, 1.54) is 0 Å². The molecule has 4 heteroatoms. The molecule has 1 aliphatic carbocycles. The molecular weight excluding hydrogens is 463 g/mol. The van der Waals surface area contributed by atoms with Gasteiger partial charge in [-0.25, -0.2) is 0 Å². The van der Waals surface area contributed by atoms with Gasteiger partial charge in [-0.05, 0) is 0 Å². The van der Waals surface area contributed by atoms with E-state index in [9.17, 15) is 0 Å². The van der Waals surface area contributed by atoms with E-state index >= 15 is 0 Å². The summed E-state index contributed by atoms with van der Waals surface area (Å²) in [6.07, 6.45) is 4.78. The minimum atomic E-state index is 0.325. The molecule has 3 aliphatic rings. The van der Waals surface area contributed by atoms with E-state index in [1.54, 1.807) is 28.2 Å². The molecule has 0 amide bonds. The number of hydrogen-bond donors (Lipinski definition) is 0. The molecule has 0 radical (unpaired) electrons. The summed E-state index contributed by atoms with van der Waals surface area (Å²) in [4.78, 5) is 0. The standard InChI is InChI=1S/C12H20S2Te2/c1-8-6-15-12-5-3-4-10(13-8)11(12)14-9(2)7-16-12/h8-11H,3-7H2,1-2H3. The fourth-order valence-corrected chi connectivity index (χ4v) is 21.5. The van der Waals surface area contributed by atoms with Crippen molar-refractivity contribution in [1.29, 1.82) is 0 Å². The summed E-state index contributed by atoms with van der Waals surface area (Å²) in [6, 6.07) is 0. The Morgan fingerprint density at radius 2 is 1.75 bits per heavy atom. The summed E-state index contributed by atoms with van der Waals surface area (Å²) in [6.45, 7) is 5.00. The van der Waals surface area contributed by atoms with E-state index in [0.717, 1.165) is 22.5 Å². The molecule has 0 aromatic carbocycles. The number of hydrogen-bond acceptors (Lipinski definition) is 2. The van der Waals surface area contributed by atoms with E-state index < -0.39 is 0 Å². The average Bonchev–Trinajstić information content (AvgIpc) is 2.35. The Balaban J connectivity index is 1.89. The van der Waals surface area contributed by atoms with E-state index in [-0.39, 0.29) is 0 Å². The van der Waals surface area contributed by atoms with Crippen LogP contribution in [0.5, 0.6) is 0 Å². The zero-order valence-electron chi connectivity index (χ0n) is 9.98. The molecule has 0 aromatic rings. The van der Waals surface area contributed by atoms with E-state index in [2.05, 4.69) is 37.4 Å². The monoisotopic (exact) mass is 488 g/mol. The summed E-state index contributed by atoms with van der Waals surface area (Å²) in [7, 11) is 0. The Morgan fingerprint density at radius 1 is 1.06 bits per heavy atom. The molecule has 0 N–H and O–H groups in total. The van der Waals surface area contributed by atoms with E-state index in [4.69, 9.17) is 0 Å². The van der Waals surface area contributed by atoms with Crippen molar-refractivity contribution in [3.63, 3.8) is 0 Å². The van der Waals surface area contributed by atoms with Crippen LogP contribution < -0.4 is 0 Å². The van der Waals surface area contributed by atoms with Gasteiger partial charge >= 0.3 is 130 Å². The first-order chi connectivity index (χ1) is 7.70. The van der Waals surface area contributed by atoms with Gasteiger partial charge in [-0.3, -0.25) is 0 Å². The molecule has 2 saturated heterocycles. The number of thioether (sulfide) groups is 2. The van der Waals surface area contributed by atoms with Crippen molar-refractivity contribution in [3.8, 4) is 0 Å². The van der Waals surface area contributed by atoms with Crippen molar-refractivity contribution >= 4 is 65.4 Å². The Bertz CT molecular complexity index is 274. The summed E-state index contributed by atoms with van der Waals surface area (Å²) >= 11 is 5.46. The molecule has 5 atom stereocenters. The molecule has 3 fully saturated rings. The molecule has 0 spiro atoms. The van der Waals surface area contributed by atoms with Crippen molar-refractivity contribution in [2.24, 2.45) is 0 Å². The predicted molar refractivity (Wildman–Crippen MR) is 79.3 cm³/mol. The van der Waals surface area contributed by atoms with Gasteiger partial charge in [0.25, 0.3) is 0 Å². The van der Waals surface area contributed by atoms with Gasteiger partial charge in [-0.2, -0.15) is 0 Å². The topological polar surface area (TPSA) is 0 Å². The first-order valence-electron chi connectivity index (χ1n) is 6.28. The molecule has 0 aromatic heterocycles. The van der Waals surface area contributed by atoms with Gasteiger partial charge in [0.15, 0.2) is 0 Å². The Kier molecular flexibility index (Phi) is 4.43. The van der Waals surface area contributed by atoms with E-state index in [1.807, 2.05) is 0 Å². The van der Waals surface area contributed by atoms with Crippen LogP contribution in [0.4, 0.5) is 0 Å². The molecular formula is C12H20S2Te2. The third-order valence-corrected chi connectivity index (χ3v) is 23.0. The zero-order valence-corrected chi connectivity index (χ0v) is 16.3. The van der Waals surface area contributed by atoms with Gasteiger partial charge in [0.2, 0.25) is 0 Å². The van der Waals surface area contributed by atoms with Crippen molar-refractivity contribution < 1.29 is 0 Å². The summed E-state index contributed by atoms with van der Waals surface area (Å²) in [5.74, 6) is 0. The van der Waals surface area contributed by atoms with E-state index in [0.29, 0.717) is 41.8 Å². The van der Waals surface area contributed by atoms with Crippen LogP contribution in [0.3, 0.4) is 0 Å². The summed E-state index contributed by atoms with van der Waals surface area (Å²) in [5.41, 5.74) is 0. The molecule has 16 heavy (non-hydrogen) atoms. The van der Waals surface area contributed by atoms with Crippen LogP contribution in [-0.2, 0) is 0 Å². The van der Waals surface area contributed by atoms with Crippen molar-refractivity contribution in [2.45, 2.75) is 64.6 Å². The second kappa shape index (κ2) is 5.34. The van der Waals surface area contributed by atoms with Gasteiger partial charge in [0.05, 0.1) is 0 Å². The maximum absolute atomic E-state index is 2.51. The SMILES string of the molecule is CC1C[Te]C23CCCC(S1)C2SC(C)C[Te]3. The third-order valence-electron chi connectivity index (χ3n) is 3.70. The van der Waals surface area contributed by atoms with Crippen molar-refractivity contribution in [3.05, 3.63) is 0 Å². The fourth-order valence-electron chi connectivity index (χ4n) is 2.95. The minimum absolute atomic E-state index is 0.325. The Labute approximate surface area is 128 Å². The zero-order chi connectivity index (χ0) is 11.2. The van der Waals surface area contributed by atoms with Crippen LogP contribution in [0, 0.1) is 0 Å². The van der Waals surface area contributed by atoms with Crippen molar-refractivity contribution in [1.82, 2.24) is 0 Å². The van der Waals surface area contributed by atoms with Crippen LogP contribution in [0.15, 0.2) is 0 Å². The first kappa shape index (κ1) is 13.3. The molecule has 92 valence electrons. The Morgan fingerprint density at radius 3 is 2.50 bits per heavy atom. The van der Waals surface area contributed by atoms with Gasteiger partial charge in [0, 0.05) is 0 Å². The van der Waals surface area contributed by atoms with Gasteiger partial charge in [-0.15, -0.1) is 0 Å². The molecule has 2 aliphatic heterocycles. The fraction of sp³-hybridized carbons (Fsp3) is 1.00. The van der Waals surface area contributed by atoms with Gasteiger partial charge in [-0.1, -0.05) is 0 Å². The number of rotatable bonds is 0. The van der Waals surface area contributed by atoms with Gasteiger partial charge < -0.3 is 0 Å². The van der Waals surface area contributed by atoms with Gasteiger partial charge in [0.1, 0.15) is 0 Å².